The Morgan fingerprint density at radius 2 is 2.46 bits per heavy atom. The molecule has 2 aliphatic heterocycles. The van der Waals surface area contributed by atoms with Crippen LogP contribution in [-0.2, 0) is 25.3 Å². The zero-order valence-corrected chi connectivity index (χ0v) is 8.36. The second kappa shape index (κ2) is 3.03. The molecule has 0 bridgehead atoms. The largest absolute Gasteiger partial charge is 0.329 e. The van der Waals surface area contributed by atoms with Crippen molar-refractivity contribution in [3.8, 4) is 0 Å². The van der Waals surface area contributed by atoms with Crippen molar-refractivity contribution < 1.29 is 0 Å². The number of hydrogen-bond acceptors (Lipinski definition) is 3. The lowest BCUT2D eigenvalue weighted by atomic mass is 10.2. The van der Waals surface area contributed by atoms with E-state index >= 15 is 0 Å². The first kappa shape index (κ1) is 7.88. The molecule has 0 saturated carbocycles. The summed E-state index contributed by atoms with van der Waals surface area (Å²) in [4.78, 5) is 4.67. The van der Waals surface area contributed by atoms with Crippen LogP contribution in [0.3, 0.4) is 0 Å². The summed E-state index contributed by atoms with van der Waals surface area (Å²) in [5.41, 5.74) is 2.85. The molecule has 0 amide bonds. The first-order valence-corrected chi connectivity index (χ1v) is 5.96. The molecule has 0 aliphatic carbocycles. The highest BCUT2D eigenvalue weighted by Crippen LogP contribution is 2.25. The molecule has 2 aliphatic rings. The second-order valence-electron chi connectivity index (χ2n) is 3.55. The van der Waals surface area contributed by atoms with E-state index in [1.807, 2.05) is 11.8 Å². The van der Waals surface area contributed by atoms with Crippen LogP contribution in [0.15, 0.2) is 0 Å². The molecule has 3 heterocycles. The van der Waals surface area contributed by atoms with Crippen molar-refractivity contribution in [2.24, 2.45) is 0 Å². The van der Waals surface area contributed by atoms with Gasteiger partial charge in [0, 0.05) is 24.5 Å². The van der Waals surface area contributed by atoms with Crippen LogP contribution in [0.4, 0.5) is 0 Å². The third-order valence-electron chi connectivity index (χ3n) is 2.75. The van der Waals surface area contributed by atoms with Crippen molar-refractivity contribution in [1.82, 2.24) is 14.9 Å². The molecule has 0 aromatic carbocycles. The average molecular weight is 195 g/mol. The Morgan fingerprint density at radius 3 is 3.46 bits per heavy atom. The van der Waals surface area contributed by atoms with Crippen molar-refractivity contribution in [2.75, 3.05) is 12.3 Å². The molecule has 0 unspecified atom stereocenters. The van der Waals surface area contributed by atoms with E-state index in [9.17, 15) is 0 Å². The van der Waals surface area contributed by atoms with Crippen LogP contribution in [0.1, 0.15) is 17.2 Å². The minimum absolute atomic E-state index is 0.956. The standard InChI is InChI=1S/C9H13N3S/c1-4-13-6-7-8(1)12-3-2-10-5-9(12)11-7/h10H,1-6H2. The molecule has 1 aromatic heterocycles. The van der Waals surface area contributed by atoms with E-state index in [2.05, 4.69) is 14.9 Å². The quantitative estimate of drug-likeness (QED) is 0.663. The zero-order valence-electron chi connectivity index (χ0n) is 7.55. The number of hydrogen-bond donors (Lipinski definition) is 1. The highest BCUT2D eigenvalue weighted by Gasteiger charge is 2.21. The molecule has 0 atom stereocenters. The van der Waals surface area contributed by atoms with E-state index < -0.39 is 0 Å². The van der Waals surface area contributed by atoms with Gasteiger partial charge in [-0.15, -0.1) is 0 Å². The van der Waals surface area contributed by atoms with E-state index in [1.165, 1.54) is 29.4 Å². The number of imidazole rings is 1. The SMILES string of the molecule is C1Cn2c(nc3c2CCSC3)CN1. The molecule has 4 heteroatoms. The molecule has 1 N–H and O–H groups in total. The van der Waals surface area contributed by atoms with Gasteiger partial charge in [-0.05, 0) is 12.2 Å². The van der Waals surface area contributed by atoms with Gasteiger partial charge in [0.2, 0.25) is 0 Å². The second-order valence-corrected chi connectivity index (χ2v) is 4.66. The fourth-order valence-electron chi connectivity index (χ4n) is 2.11. The molecule has 0 spiro atoms. The molecule has 3 rings (SSSR count). The molecule has 0 saturated heterocycles. The third-order valence-corrected chi connectivity index (χ3v) is 3.72. The van der Waals surface area contributed by atoms with Crippen LogP contribution in [0.25, 0.3) is 0 Å². The van der Waals surface area contributed by atoms with Gasteiger partial charge in [-0.2, -0.15) is 11.8 Å². The molecular formula is C9H13N3S. The van der Waals surface area contributed by atoms with Gasteiger partial charge in [-0.1, -0.05) is 0 Å². The number of aromatic nitrogens is 2. The molecule has 1 aromatic rings. The predicted octanol–water partition coefficient (Wildman–Crippen LogP) is 0.776. The summed E-state index contributed by atoms with van der Waals surface area (Å²) in [6, 6.07) is 0. The Hall–Kier alpha value is -0.480. The maximum absolute atomic E-state index is 4.67. The summed E-state index contributed by atoms with van der Waals surface area (Å²) in [6.45, 7) is 3.17. The third kappa shape index (κ3) is 1.20. The fourth-order valence-corrected chi connectivity index (χ4v) is 3.02. The fraction of sp³-hybridized carbons (Fsp3) is 0.667. The van der Waals surface area contributed by atoms with Crippen LogP contribution < -0.4 is 5.32 Å². The van der Waals surface area contributed by atoms with Crippen LogP contribution in [-0.4, -0.2) is 21.8 Å². The number of fused-ring (bicyclic) bond motifs is 3. The van der Waals surface area contributed by atoms with E-state index in [0.29, 0.717) is 0 Å². The first-order chi connectivity index (χ1) is 6.45. The van der Waals surface area contributed by atoms with Crippen molar-refractivity contribution in [3.63, 3.8) is 0 Å². The summed E-state index contributed by atoms with van der Waals surface area (Å²) in [7, 11) is 0. The topological polar surface area (TPSA) is 29.9 Å². The van der Waals surface area contributed by atoms with E-state index in [1.54, 1.807) is 0 Å². The summed E-state index contributed by atoms with van der Waals surface area (Å²) in [6.07, 6.45) is 1.22. The Kier molecular flexibility index (Phi) is 1.84. The van der Waals surface area contributed by atoms with Gasteiger partial charge >= 0.3 is 0 Å². The van der Waals surface area contributed by atoms with Crippen molar-refractivity contribution in [2.45, 2.75) is 25.3 Å². The van der Waals surface area contributed by atoms with Crippen LogP contribution >= 0.6 is 11.8 Å². The summed E-state index contributed by atoms with van der Waals surface area (Å²) >= 11 is 2.00. The highest BCUT2D eigenvalue weighted by atomic mass is 32.2. The van der Waals surface area contributed by atoms with Gasteiger partial charge < -0.3 is 9.88 Å². The first-order valence-electron chi connectivity index (χ1n) is 4.81. The Labute approximate surface area is 81.9 Å². The van der Waals surface area contributed by atoms with Crippen LogP contribution in [0.2, 0.25) is 0 Å². The lowest BCUT2D eigenvalue weighted by Crippen LogP contribution is -2.29. The highest BCUT2D eigenvalue weighted by molar-refractivity contribution is 7.98. The maximum atomic E-state index is 4.67. The zero-order chi connectivity index (χ0) is 8.67. The smallest absolute Gasteiger partial charge is 0.123 e. The molecule has 13 heavy (non-hydrogen) atoms. The van der Waals surface area contributed by atoms with Crippen LogP contribution in [0, 0.1) is 0 Å². The molecule has 3 nitrogen and oxygen atoms in total. The number of nitrogens with one attached hydrogen (secondary N) is 1. The Balaban J connectivity index is 2.09. The van der Waals surface area contributed by atoms with Gasteiger partial charge in [0.25, 0.3) is 0 Å². The predicted molar refractivity (Wildman–Crippen MR) is 53.8 cm³/mol. The van der Waals surface area contributed by atoms with Crippen LogP contribution in [0.5, 0.6) is 0 Å². The Morgan fingerprint density at radius 1 is 1.46 bits per heavy atom. The number of rotatable bonds is 0. The van der Waals surface area contributed by atoms with Crippen molar-refractivity contribution in [1.29, 1.82) is 0 Å². The van der Waals surface area contributed by atoms with Gasteiger partial charge in [-0.25, -0.2) is 4.98 Å². The lowest BCUT2D eigenvalue weighted by Gasteiger charge is -2.18. The van der Waals surface area contributed by atoms with Gasteiger partial charge in [0.05, 0.1) is 12.2 Å². The monoisotopic (exact) mass is 195 g/mol. The van der Waals surface area contributed by atoms with E-state index in [4.69, 9.17) is 0 Å². The normalized spacial score (nSPS) is 20.9. The maximum Gasteiger partial charge on any atom is 0.123 e. The summed E-state index contributed by atoms with van der Waals surface area (Å²) in [5.74, 6) is 3.64. The van der Waals surface area contributed by atoms with Crippen molar-refractivity contribution in [3.05, 3.63) is 17.2 Å². The Bertz CT molecular complexity index is 301. The molecule has 70 valence electrons. The van der Waals surface area contributed by atoms with Gasteiger partial charge in [0.1, 0.15) is 5.82 Å². The van der Waals surface area contributed by atoms with Crippen molar-refractivity contribution >= 4 is 11.8 Å². The summed E-state index contributed by atoms with van der Waals surface area (Å²) < 4.78 is 2.42. The van der Waals surface area contributed by atoms with Gasteiger partial charge in [-0.3, -0.25) is 0 Å². The lowest BCUT2D eigenvalue weighted by molar-refractivity contribution is 0.495. The summed E-state index contributed by atoms with van der Waals surface area (Å²) in [5, 5.41) is 3.36. The number of nitrogens with zero attached hydrogens (tertiary/aromatic N) is 2. The average Bonchev–Trinajstić information content (AvgIpc) is 2.56. The van der Waals surface area contributed by atoms with E-state index in [-0.39, 0.29) is 0 Å². The number of thioether (sulfide) groups is 1. The van der Waals surface area contributed by atoms with E-state index in [0.717, 1.165) is 25.4 Å². The molecular weight excluding hydrogens is 182 g/mol. The van der Waals surface area contributed by atoms with Gasteiger partial charge in [0.15, 0.2) is 0 Å². The minimum Gasteiger partial charge on any atom is -0.329 e. The minimum atomic E-state index is 0.956. The molecule has 0 radical (unpaired) electrons. The molecule has 0 fully saturated rings.